The summed E-state index contributed by atoms with van der Waals surface area (Å²) in [5.41, 5.74) is 2.43. The fourth-order valence-electron chi connectivity index (χ4n) is 1.75. The predicted octanol–water partition coefficient (Wildman–Crippen LogP) is 3.49. The number of halogens is 1. The van der Waals surface area contributed by atoms with Gasteiger partial charge in [-0.05, 0) is 30.2 Å². The summed E-state index contributed by atoms with van der Waals surface area (Å²) in [6.45, 7) is 5.53. The summed E-state index contributed by atoms with van der Waals surface area (Å²) in [6, 6.07) is 5.92. The third-order valence-corrected chi connectivity index (χ3v) is 3.08. The van der Waals surface area contributed by atoms with Crippen LogP contribution in [-0.4, -0.2) is 4.98 Å². The Hall–Kier alpha value is -1.32. The Morgan fingerprint density at radius 2 is 2.17 bits per heavy atom. The van der Waals surface area contributed by atoms with Crippen molar-refractivity contribution in [2.75, 3.05) is 0 Å². The molecule has 0 aliphatic rings. The monoisotopic (exact) mass is 264 g/mol. The average molecular weight is 265 g/mol. The van der Waals surface area contributed by atoms with Crippen LogP contribution in [0.2, 0.25) is 5.02 Å². The van der Waals surface area contributed by atoms with E-state index < -0.39 is 0 Å². The van der Waals surface area contributed by atoms with Gasteiger partial charge in [0.15, 0.2) is 0 Å². The number of benzene rings is 1. The first kappa shape index (κ1) is 13.1. The van der Waals surface area contributed by atoms with E-state index in [1.54, 1.807) is 6.20 Å². The van der Waals surface area contributed by atoms with Crippen molar-refractivity contribution in [3.05, 3.63) is 52.2 Å². The van der Waals surface area contributed by atoms with E-state index >= 15 is 0 Å². The van der Waals surface area contributed by atoms with Crippen molar-refractivity contribution in [1.29, 1.82) is 0 Å². The van der Waals surface area contributed by atoms with Gasteiger partial charge in [0.2, 0.25) is 5.89 Å². The molecular formula is C14H17ClN2O. The molecule has 1 N–H and O–H groups in total. The number of aryl methyl sites for hydroxylation is 2. The maximum absolute atomic E-state index is 5.92. The second-order valence-corrected chi connectivity index (χ2v) is 4.68. The highest BCUT2D eigenvalue weighted by molar-refractivity contribution is 6.30. The highest BCUT2D eigenvalue weighted by atomic mass is 35.5. The van der Waals surface area contributed by atoms with E-state index in [1.165, 1.54) is 11.1 Å². The molecular weight excluding hydrogens is 248 g/mol. The second-order valence-electron chi connectivity index (χ2n) is 4.25. The molecule has 2 aromatic rings. The van der Waals surface area contributed by atoms with E-state index in [9.17, 15) is 0 Å². The molecule has 1 heterocycles. The Labute approximate surface area is 112 Å². The first-order chi connectivity index (χ1) is 8.69. The number of nitrogens with zero attached hydrogens (tertiary/aromatic N) is 1. The number of aromatic nitrogens is 1. The maximum atomic E-state index is 5.92. The lowest BCUT2D eigenvalue weighted by Crippen LogP contribution is -2.13. The average Bonchev–Trinajstić information content (AvgIpc) is 2.80. The molecule has 96 valence electrons. The molecule has 4 heteroatoms. The molecule has 0 aliphatic carbocycles. The van der Waals surface area contributed by atoms with Crippen LogP contribution in [0.4, 0.5) is 0 Å². The molecule has 0 aliphatic heterocycles. The Morgan fingerprint density at radius 1 is 1.33 bits per heavy atom. The lowest BCUT2D eigenvalue weighted by Gasteiger charge is -2.06. The summed E-state index contributed by atoms with van der Waals surface area (Å²) < 4.78 is 5.53. The van der Waals surface area contributed by atoms with E-state index in [0.29, 0.717) is 6.54 Å². The van der Waals surface area contributed by atoms with Crippen molar-refractivity contribution in [3.8, 4) is 0 Å². The molecule has 0 unspecified atom stereocenters. The minimum atomic E-state index is 0.641. The van der Waals surface area contributed by atoms with Crippen LogP contribution in [0.25, 0.3) is 0 Å². The Bertz CT molecular complexity index is 522. The van der Waals surface area contributed by atoms with Crippen molar-refractivity contribution in [2.24, 2.45) is 0 Å². The van der Waals surface area contributed by atoms with Gasteiger partial charge in [0.1, 0.15) is 5.76 Å². The minimum absolute atomic E-state index is 0.641. The van der Waals surface area contributed by atoms with Gasteiger partial charge in [-0.25, -0.2) is 4.98 Å². The molecule has 0 spiro atoms. The van der Waals surface area contributed by atoms with Crippen LogP contribution >= 0.6 is 11.6 Å². The van der Waals surface area contributed by atoms with Crippen LogP contribution in [0, 0.1) is 6.92 Å². The largest absolute Gasteiger partial charge is 0.444 e. The smallest absolute Gasteiger partial charge is 0.208 e. The molecule has 1 aromatic carbocycles. The lowest BCUT2D eigenvalue weighted by molar-refractivity contribution is 0.439. The molecule has 0 fully saturated rings. The quantitative estimate of drug-likeness (QED) is 0.898. The van der Waals surface area contributed by atoms with Crippen molar-refractivity contribution < 1.29 is 4.42 Å². The zero-order valence-corrected chi connectivity index (χ0v) is 11.4. The molecule has 0 bridgehead atoms. The highest BCUT2D eigenvalue weighted by Gasteiger charge is 2.03. The Balaban J connectivity index is 1.88. The van der Waals surface area contributed by atoms with Gasteiger partial charge >= 0.3 is 0 Å². The van der Waals surface area contributed by atoms with E-state index in [2.05, 4.69) is 24.1 Å². The zero-order chi connectivity index (χ0) is 13.0. The maximum Gasteiger partial charge on any atom is 0.208 e. The van der Waals surface area contributed by atoms with E-state index in [4.69, 9.17) is 16.0 Å². The van der Waals surface area contributed by atoms with Crippen molar-refractivity contribution >= 4 is 11.6 Å². The summed E-state index contributed by atoms with van der Waals surface area (Å²) >= 11 is 5.92. The highest BCUT2D eigenvalue weighted by Crippen LogP contribution is 2.15. The summed E-state index contributed by atoms with van der Waals surface area (Å²) in [5, 5.41) is 4.09. The lowest BCUT2D eigenvalue weighted by atomic mass is 10.1. The number of hydrogen-bond donors (Lipinski definition) is 1. The molecule has 0 amide bonds. The first-order valence-electron chi connectivity index (χ1n) is 6.08. The first-order valence-corrected chi connectivity index (χ1v) is 6.46. The van der Waals surface area contributed by atoms with Crippen molar-refractivity contribution in [1.82, 2.24) is 10.3 Å². The molecule has 0 saturated carbocycles. The Kier molecular flexibility index (Phi) is 4.39. The number of oxazole rings is 1. The fourth-order valence-corrected chi connectivity index (χ4v) is 1.98. The SMILES string of the molecule is CCc1cnc(CNCc2ccc(Cl)cc2C)o1. The van der Waals surface area contributed by atoms with Gasteiger partial charge in [0.05, 0.1) is 12.7 Å². The van der Waals surface area contributed by atoms with Crippen LogP contribution in [0.1, 0.15) is 29.7 Å². The van der Waals surface area contributed by atoms with E-state index in [1.807, 2.05) is 18.2 Å². The van der Waals surface area contributed by atoms with E-state index in [-0.39, 0.29) is 0 Å². The molecule has 1 aromatic heterocycles. The normalized spacial score (nSPS) is 10.8. The summed E-state index contributed by atoms with van der Waals surface area (Å²) in [5.74, 6) is 1.66. The van der Waals surface area contributed by atoms with Crippen LogP contribution in [0.15, 0.2) is 28.8 Å². The van der Waals surface area contributed by atoms with Gasteiger partial charge in [-0.15, -0.1) is 0 Å². The summed E-state index contributed by atoms with van der Waals surface area (Å²) in [6.07, 6.45) is 2.66. The standard InChI is InChI=1S/C14H17ClN2O/c1-3-13-8-17-14(18-13)9-16-7-11-4-5-12(15)6-10(11)2/h4-6,8,16H,3,7,9H2,1-2H3. The third kappa shape index (κ3) is 3.34. The van der Waals surface area contributed by atoms with Gasteiger partial charge in [-0.1, -0.05) is 24.6 Å². The van der Waals surface area contributed by atoms with E-state index in [0.717, 1.165) is 29.6 Å². The number of rotatable bonds is 5. The molecule has 0 saturated heterocycles. The summed E-state index contributed by atoms with van der Waals surface area (Å²) in [4.78, 5) is 4.20. The van der Waals surface area contributed by atoms with Gasteiger partial charge in [0, 0.05) is 18.0 Å². The number of nitrogens with one attached hydrogen (secondary N) is 1. The Morgan fingerprint density at radius 3 is 2.83 bits per heavy atom. The fraction of sp³-hybridized carbons (Fsp3) is 0.357. The summed E-state index contributed by atoms with van der Waals surface area (Å²) in [7, 11) is 0. The topological polar surface area (TPSA) is 38.1 Å². The van der Waals surface area contributed by atoms with Gasteiger partial charge in [-0.2, -0.15) is 0 Å². The zero-order valence-electron chi connectivity index (χ0n) is 10.7. The van der Waals surface area contributed by atoms with Crippen molar-refractivity contribution in [2.45, 2.75) is 33.4 Å². The molecule has 0 radical (unpaired) electrons. The van der Waals surface area contributed by atoms with Crippen LogP contribution in [0.5, 0.6) is 0 Å². The molecule has 2 rings (SSSR count). The third-order valence-electron chi connectivity index (χ3n) is 2.85. The molecule has 0 atom stereocenters. The molecule has 18 heavy (non-hydrogen) atoms. The van der Waals surface area contributed by atoms with Gasteiger partial charge in [-0.3, -0.25) is 0 Å². The van der Waals surface area contributed by atoms with Gasteiger partial charge in [0.25, 0.3) is 0 Å². The van der Waals surface area contributed by atoms with Gasteiger partial charge < -0.3 is 9.73 Å². The van der Waals surface area contributed by atoms with Crippen molar-refractivity contribution in [3.63, 3.8) is 0 Å². The predicted molar refractivity (Wildman–Crippen MR) is 72.6 cm³/mol. The second kappa shape index (κ2) is 6.03. The van der Waals surface area contributed by atoms with Crippen LogP contribution in [0.3, 0.4) is 0 Å². The number of hydrogen-bond acceptors (Lipinski definition) is 3. The van der Waals surface area contributed by atoms with Crippen LogP contribution in [-0.2, 0) is 19.5 Å². The van der Waals surface area contributed by atoms with Crippen LogP contribution < -0.4 is 5.32 Å². The molecule has 3 nitrogen and oxygen atoms in total. The minimum Gasteiger partial charge on any atom is -0.444 e.